The van der Waals surface area contributed by atoms with Crippen molar-refractivity contribution in [2.45, 2.75) is 25.0 Å². The van der Waals surface area contributed by atoms with Crippen molar-refractivity contribution in [3.63, 3.8) is 0 Å². The number of hydrogen-bond acceptors (Lipinski definition) is 7. The molecule has 2 aliphatic rings. The molecule has 0 aromatic heterocycles. The van der Waals surface area contributed by atoms with E-state index in [1.807, 2.05) is 0 Å². The molecule has 2 saturated heterocycles. The van der Waals surface area contributed by atoms with Crippen molar-refractivity contribution < 1.29 is 33.9 Å². The molecule has 0 amide bonds. The van der Waals surface area contributed by atoms with Crippen LogP contribution in [0.25, 0.3) is 0 Å². The fraction of sp³-hybridized carbons (Fsp3) is 0.500. The molecule has 7 nitrogen and oxygen atoms in total. The maximum Gasteiger partial charge on any atom is 0.373 e. The van der Waals surface area contributed by atoms with Gasteiger partial charge in [-0.1, -0.05) is 12.7 Å². The summed E-state index contributed by atoms with van der Waals surface area (Å²) in [6, 6.07) is 0. The lowest BCUT2D eigenvalue weighted by atomic mass is 10.1. The fourth-order valence-corrected chi connectivity index (χ4v) is 1.33. The van der Waals surface area contributed by atoms with Crippen LogP contribution >= 0.6 is 0 Å². The first-order chi connectivity index (χ1) is 9.19. The zero-order valence-corrected chi connectivity index (χ0v) is 10.2. The SMILES string of the molecule is C=CC(=O)OOOC(=O)C(=CCC1CO1)CC1CO1. The van der Waals surface area contributed by atoms with E-state index in [0.29, 0.717) is 31.6 Å². The standard InChI is InChI=1S/C12H14O7/c1-2-11(13)17-19-18-12(14)8(5-10-7-16-10)3-4-9-6-15-9/h2-3,9-10H,1,4-7H2. The lowest BCUT2D eigenvalue weighted by Gasteiger charge is -2.04. The first-order valence-electron chi connectivity index (χ1n) is 5.83. The normalized spacial score (nSPS) is 24.5. The Balaban J connectivity index is 1.77. The summed E-state index contributed by atoms with van der Waals surface area (Å²) in [6.07, 6.45) is 3.87. The van der Waals surface area contributed by atoms with Gasteiger partial charge < -0.3 is 9.47 Å². The van der Waals surface area contributed by atoms with E-state index in [0.717, 1.165) is 6.08 Å². The molecule has 0 aromatic carbocycles. The molecule has 0 bridgehead atoms. The summed E-state index contributed by atoms with van der Waals surface area (Å²) in [7, 11) is 0. The molecule has 2 atom stereocenters. The van der Waals surface area contributed by atoms with Gasteiger partial charge in [0.2, 0.25) is 0 Å². The molecule has 0 spiro atoms. The highest BCUT2D eigenvalue weighted by molar-refractivity contribution is 5.88. The van der Waals surface area contributed by atoms with Crippen LogP contribution in [0.5, 0.6) is 0 Å². The van der Waals surface area contributed by atoms with Gasteiger partial charge in [0.05, 0.1) is 25.4 Å². The number of carbonyl (C=O) groups is 2. The van der Waals surface area contributed by atoms with Crippen LogP contribution < -0.4 is 0 Å². The molecular weight excluding hydrogens is 256 g/mol. The van der Waals surface area contributed by atoms with Crippen LogP contribution in [0.2, 0.25) is 0 Å². The van der Waals surface area contributed by atoms with Crippen LogP contribution in [0.3, 0.4) is 0 Å². The summed E-state index contributed by atoms with van der Waals surface area (Å²) in [5.74, 6) is -1.57. The lowest BCUT2D eigenvalue weighted by molar-refractivity contribution is -0.456. The second-order valence-corrected chi connectivity index (χ2v) is 4.13. The van der Waals surface area contributed by atoms with Gasteiger partial charge in [-0.2, -0.15) is 0 Å². The van der Waals surface area contributed by atoms with Crippen LogP contribution in [0.15, 0.2) is 24.3 Å². The molecule has 0 radical (unpaired) electrons. The van der Waals surface area contributed by atoms with Crippen molar-refractivity contribution in [1.82, 2.24) is 0 Å². The Hall–Kier alpha value is -1.70. The first-order valence-corrected chi connectivity index (χ1v) is 5.83. The van der Waals surface area contributed by atoms with Crippen LogP contribution in [0, 0.1) is 0 Å². The number of rotatable bonds is 8. The predicted molar refractivity (Wildman–Crippen MR) is 60.3 cm³/mol. The molecule has 2 unspecified atom stereocenters. The molecule has 7 heteroatoms. The van der Waals surface area contributed by atoms with Gasteiger partial charge in [-0.15, -0.1) is 0 Å². The molecule has 0 aliphatic carbocycles. The molecule has 0 aromatic rings. The number of ether oxygens (including phenoxy) is 2. The van der Waals surface area contributed by atoms with Crippen LogP contribution in [-0.2, 0) is 33.9 Å². The Morgan fingerprint density at radius 2 is 1.89 bits per heavy atom. The lowest BCUT2D eigenvalue weighted by Crippen LogP contribution is -2.13. The largest absolute Gasteiger partial charge is 0.373 e. The molecule has 104 valence electrons. The van der Waals surface area contributed by atoms with Gasteiger partial charge in [0.1, 0.15) is 0 Å². The molecular formula is C12H14O7. The minimum Gasteiger partial charge on any atom is -0.373 e. The third-order valence-electron chi connectivity index (χ3n) is 2.53. The highest BCUT2D eigenvalue weighted by Gasteiger charge is 2.29. The van der Waals surface area contributed by atoms with Gasteiger partial charge in [-0.3, -0.25) is 9.78 Å². The van der Waals surface area contributed by atoms with Gasteiger partial charge in [0.15, 0.2) is 0 Å². The highest BCUT2D eigenvalue weighted by atomic mass is 17.5. The third kappa shape index (κ3) is 5.21. The Kier molecular flexibility index (Phi) is 4.67. The predicted octanol–water partition coefficient (Wildman–Crippen LogP) is 0.610. The number of hydrogen-bond donors (Lipinski definition) is 0. The van der Waals surface area contributed by atoms with Gasteiger partial charge in [-0.05, 0) is 6.42 Å². The van der Waals surface area contributed by atoms with Gasteiger partial charge in [-0.25, -0.2) is 9.59 Å². The molecule has 19 heavy (non-hydrogen) atoms. The van der Waals surface area contributed by atoms with E-state index in [9.17, 15) is 9.59 Å². The monoisotopic (exact) mass is 270 g/mol. The minimum atomic E-state index is -0.852. The Morgan fingerprint density at radius 3 is 2.47 bits per heavy atom. The van der Waals surface area contributed by atoms with Gasteiger partial charge >= 0.3 is 11.9 Å². The number of carbonyl (C=O) groups excluding carboxylic acids is 2. The van der Waals surface area contributed by atoms with Crippen LogP contribution in [0.1, 0.15) is 12.8 Å². The summed E-state index contributed by atoms with van der Waals surface area (Å²) in [4.78, 5) is 30.8. The maximum absolute atomic E-state index is 11.7. The van der Waals surface area contributed by atoms with Crippen molar-refractivity contribution in [2.75, 3.05) is 13.2 Å². The summed E-state index contributed by atoms with van der Waals surface area (Å²) >= 11 is 0. The quantitative estimate of drug-likeness (QED) is 0.276. The summed E-state index contributed by atoms with van der Waals surface area (Å²) in [5, 5.41) is 4.07. The highest BCUT2D eigenvalue weighted by Crippen LogP contribution is 2.22. The molecule has 2 rings (SSSR count). The average Bonchev–Trinajstić information content (AvgIpc) is 3.27. The van der Waals surface area contributed by atoms with Crippen molar-refractivity contribution in [2.24, 2.45) is 0 Å². The second kappa shape index (κ2) is 6.46. The minimum absolute atomic E-state index is 0.0367. The zero-order chi connectivity index (χ0) is 13.7. The van der Waals surface area contributed by atoms with Gasteiger partial charge in [0.25, 0.3) is 0 Å². The van der Waals surface area contributed by atoms with Crippen molar-refractivity contribution >= 4 is 11.9 Å². The topological polar surface area (TPSA) is 86.9 Å². The second-order valence-electron chi connectivity index (χ2n) is 4.13. The summed E-state index contributed by atoms with van der Waals surface area (Å²) in [6.45, 7) is 4.48. The molecule has 0 saturated carbocycles. The van der Waals surface area contributed by atoms with E-state index < -0.39 is 11.9 Å². The van der Waals surface area contributed by atoms with E-state index >= 15 is 0 Å². The fourth-order valence-electron chi connectivity index (χ4n) is 1.33. The van der Waals surface area contributed by atoms with Crippen molar-refractivity contribution in [3.8, 4) is 0 Å². The molecule has 2 heterocycles. The summed E-state index contributed by atoms with van der Waals surface area (Å²) < 4.78 is 10.1. The van der Waals surface area contributed by atoms with E-state index in [-0.39, 0.29) is 12.2 Å². The maximum atomic E-state index is 11.7. The molecule has 2 aliphatic heterocycles. The smallest absolute Gasteiger partial charge is 0.373 e. The first kappa shape index (κ1) is 13.7. The Morgan fingerprint density at radius 1 is 1.21 bits per heavy atom. The van der Waals surface area contributed by atoms with Crippen LogP contribution in [-0.4, -0.2) is 37.4 Å². The Bertz CT molecular complexity index is 393. The average molecular weight is 270 g/mol. The zero-order valence-electron chi connectivity index (χ0n) is 10.2. The van der Waals surface area contributed by atoms with E-state index in [2.05, 4.69) is 21.4 Å². The Labute approximate surface area is 109 Å². The molecule has 0 N–H and O–H groups in total. The van der Waals surface area contributed by atoms with Crippen molar-refractivity contribution in [1.29, 1.82) is 0 Å². The summed E-state index contributed by atoms with van der Waals surface area (Å²) in [5.41, 5.74) is 0.410. The van der Waals surface area contributed by atoms with E-state index in [1.54, 1.807) is 6.08 Å². The molecule has 2 fully saturated rings. The van der Waals surface area contributed by atoms with Crippen molar-refractivity contribution in [3.05, 3.63) is 24.3 Å². The number of epoxide rings is 2. The van der Waals surface area contributed by atoms with Crippen LogP contribution in [0.4, 0.5) is 0 Å². The van der Waals surface area contributed by atoms with Gasteiger partial charge in [0, 0.05) is 23.1 Å². The van der Waals surface area contributed by atoms with E-state index in [1.165, 1.54) is 0 Å². The van der Waals surface area contributed by atoms with E-state index in [4.69, 9.17) is 9.47 Å². The third-order valence-corrected chi connectivity index (χ3v) is 2.53.